The van der Waals surface area contributed by atoms with Gasteiger partial charge in [-0.15, -0.1) is 0 Å². The van der Waals surface area contributed by atoms with Gasteiger partial charge in [0.25, 0.3) is 0 Å². The summed E-state index contributed by atoms with van der Waals surface area (Å²) in [5, 5.41) is 6.58. The van der Waals surface area contributed by atoms with E-state index in [9.17, 15) is 9.59 Å². The van der Waals surface area contributed by atoms with Crippen LogP contribution in [0.25, 0.3) is 6.08 Å². The molecule has 1 saturated heterocycles. The minimum absolute atomic E-state index is 0.0559. The predicted octanol–water partition coefficient (Wildman–Crippen LogP) is 4.56. The maximum absolute atomic E-state index is 12.2. The zero-order valence-corrected chi connectivity index (χ0v) is 15.5. The Balaban J connectivity index is 1.70. The van der Waals surface area contributed by atoms with Crippen LogP contribution >= 0.6 is 23.2 Å². The zero-order valence-electron chi connectivity index (χ0n) is 14.0. The Labute approximate surface area is 161 Å². The molecule has 1 aliphatic rings. The molecule has 1 atom stereocenters. The molecule has 0 aliphatic carbocycles. The summed E-state index contributed by atoms with van der Waals surface area (Å²) in [4.78, 5) is 25.8. The van der Waals surface area contributed by atoms with Crippen LogP contribution in [0, 0.1) is 0 Å². The summed E-state index contributed by atoms with van der Waals surface area (Å²) >= 11 is 11.9. The van der Waals surface area contributed by atoms with Crippen LogP contribution in [0.2, 0.25) is 10.0 Å². The van der Waals surface area contributed by atoms with Gasteiger partial charge in [0, 0.05) is 34.0 Å². The lowest BCUT2D eigenvalue weighted by Crippen LogP contribution is -2.32. The molecule has 7 heteroatoms. The number of carbonyl (C=O) groups excluding carboxylic acids is 2. The molecule has 2 aromatic carbocycles. The van der Waals surface area contributed by atoms with Gasteiger partial charge in [-0.05, 0) is 48.9 Å². The van der Waals surface area contributed by atoms with Crippen molar-refractivity contribution < 1.29 is 9.59 Å². The lowest BCUT2D eigenvalue weighted by atomic mass is 10.2. The van der Waals surface area contributed by atoms with Gasteiger partial charge in [-0.3, -0.25) is 9.69 Å². The summed E-state index contributed by atoms with van der Waals surface area (Å²) in [5.74, 6) is -0.299. The summed E-state index contributed by atoms with van der Waals surface area (Å²) < 4.78 is 0. The van der Waals surface area contributed by atoms with E-state index in [1.807, 2.05) is 13.0 Å². The molecule has 0 saturated carbocycles. The normalized spacial score (nSPS) is 16.8. The number of amides is 3. The van der Waals surface area contributed by atoms with Gasteiger partial charge >= 0.3 is 6.03 Å². The fraction of sp³-hybridized carbons (Fsp3) is 0.158. The molecule has 134 valence electrons. The number of urea groups is 1. The largest absolute Gasteiger partial charge is 0.336 e. The van der Waals surface area contributed by atoms with Crippen molar-refractivity contribution in [2.75, 3.05) is 16.8 Å². The first-order valence-electron chi connectivity index (χ1n) is 8.05. The number of rotatable bonds is 4. The van der Waals surface area contributed by atoms with E-state index in [0.29, 0.717) is 27.8 Å². The van der Waals surface area contributed by atoms with Crippen molar-refractivity contribution in [2.45, 2.75) is 13.0 Å². The Kier molecular flexibility index (Phi) is 5.49. The second-order valence-electron chi connectivity index (χ2n) is 5.94. The summed E-state index contributed by atoms with van der Waals surface area (Å²) in [6.07, 6.45) is 3.01. The Hall–Kier alpha value is -2.50. The van der Waals surface area contributed by atoms with Gasteiger partial charge in [0.1, 0.15) is 0 Å². The highest BCUT2D eigenvalue weighted by molar-refractivity contribution is 6.35. The molecule has 0 radical (unpaired) electrons. The second-order valence-corrected chi connectivity index (χ2v) is 6.79. The monoisotopic (exact) mass is 389 g/mol. The minimum atomic E-state index is -0.299. The standard InChI is InChI=1S/C19H17Cl2N3O2/c1-12-11-22-19(26)24(12)16-4-2-3-15(10-16)23-18(25)8-6-13-5-7-14(20)9-17(13)21/h2-10,12H,11H2,1H3,(H,22,26)(H,23,25). The lowest BCUT2D eigenvalue weighted by Gasteiger charge is -2.20. The number of hydrogen-bond acceptors (Lipinski definition) is 2. The van der Waals surface area contributed by atoms with Crippen molar-refractivity contribution in [3.05, 3.63) is 64.1 Å². The maximum atomic E-state index is 12.2. The third-order valence-electron chi connectivity index (χ3n) is 3.98. The van der Waals surface area contributed by atoms with E-state index in [1.165, 1.54) is 6.08 Å². The fourth-order valence-electron chi connectivity index (χ4n) is 2.70. The Morgan fingerprint density at radius 1 is 1.27 bits per heavy atom. The molecule has 0 aromatic heterocycles. The third-order valence-corrected chi connectivity index (χ3v) is 4.54. The van der Waals surface area contributed by atoms with Crippen molar-refractivity contribution in [1.82, 2.24) is 5.32 Å². The van der Waals surface area contributed by atoms with E-state index in [2.05, 4.69) is 10.6 Å². The molecule has 0 spiro atoms. The van der Waals surface area contributed by atoms with Crippen LogP contribution in [0.5, 0.6) is 0 Å². The van der Waals surface area contributed by atoms with E-state index in [0.717, 1.165) is 5.69 Å². The minimum Gasteiger partial charge on any atom is -0.336 e. The van der Waals surface area contributed by atoms with Crippen LogP contribution in [-0.2, 0) is 4.79 Å². The number of hydrogen-bond donors (Lipinski definition) is 2. The van der Waals surface area contributed by atoms with Gasteiger partial charge in [-0.1, -0.05) is 35.3 Å². The average Bonchev–Trinajstić information content (AvgIpc) is 2.93. The highest BCUT2D eigenvalue weighted by Crippen LogP contribution is 2.24. The van der Waals surface area contributed by atoms with Gasteiger partial charge in [0.05, 0.1) is 6.04 Å². The Bertz CT molecular complexity index is 883. The molecular formula is C19H17Cl2N3O2. The zero-order chi connectivity index (χ0) is 18.7. The first kappa shape index (κ1) is 18.3. The molecule has 1 aliphatic heterocycles. The fourth-order valence-corrected chi connectivity index (χ4v) is 3.17. The number of nitrogens with one attached hydrogen (secondary N) is 2. The number of benzene rings is 2. The van der Waals surface area contributed by atoms with E-state index < -0.39 is 0 Å². The Morgan fingerprint density at radius 2 is 2.08 bits per heavy atom. The van der Waals surface area contributed by atoms with Crippen molar-refractivity contribution in [2.24, 2.45) is 0 Å². The van der Waals surface area contributed by atoms with Gasteiger partial charge in [0.2, 0.25) is 5.91 Å². The van der Waals surface area contributed by atoms with Crippen molar-refractivity contribution in [3.8, 4) is 0 Å². The molecule has 26 heavy (non-hydrogen) atoms. The van der Waals surface area contributed by atoms with E-state index in [-0.39, 0.29) is 18.0 Å². The molecule has 2 N–H and O–H groups in total. The summed E-state index contributed by atoms with van der Waals surface area (Å²) in [6.45, 7) is 2.56. The molecule has 3 rings (SSSR count). The van der Waals surface area contributed by atoms with Crippen molar-refractivity contribution in [1.29, 1.82) is 0 Å². The molecular weight excluding hydrogens is 373 g/mol. The highest BCUT2D eigenvalue weighted by atomic mass is 35.5. The third kappa shape index (κ3) is 4.18. The molecule has 5 nitrogen and oxygen atoms in total. The van der Waals surface area contributed by atoms with Crippen LogP contribution in [0.4, 0.5) is 16.2 Å². The Morgan fingerprint density at radius 3 is 2.77 bits per heavy atom. The maximum Gasteiger partial charge on any atom is 0.322 e. The van der Waals surface area contributed by atoms with Crippen molar-refractivity contribution >= 4 is 52.6 Å². The number of anilines is 2. The average molecular weight is 390 g/mol. The first-order valence-corrected chi connectivity index (χ1v) is 8.81. The molecule has 2 aromatic rings. The second kappa shape index (κ2) is 7.81. The molecule has 1 unspecified atom stereocenters. The van der Waals surface area contributed by atoms with Crippen LogP contribution in [0.15, 0.2) is 48.5 Å². The van der Waals surface area contributed by atoms with Gasteiger partial charge in [-0.2, -0.15) is 0 Å². The van der Waals surface area contributed by atoms with Crippen LogP contribution in [-0.4, -0.2) is 24.5 Å². The van der Waals surface area contributed by atoms with E-state index in [4.69, 9.17) is 23.2 Å². The first-order chi connectivity index (χ1) is 12.4. The molecule has 1 fully saturated rings. The van der Waals surface area contributed by atoms with Crippen LogP contribution in [0.3, 0.4) is 0 Å². The highest BCUT2D eigenvalue weighted by Gasteiger charge is 2.28. The molecule has 0 bridgehead atoms. The van der Waals surface area contributed by atoms with Gasteiger partial charge < -0.3 is 10.6 Å². The topological polar surface area (TPSA) is 61.4 Å². The van der Waals surface area contributed by atoms with Crippen LogP contribution in [0.1, 0.15) is 12.5 Å². The number of halogens is 2. The summed E-state index contributed by atoms with van der Waals surface area (Å²) in [6, 6.07) is 12.1. The van der Waals surface area contributed by atoms with Gasteiger partial charge in [0.15, 0.2) is 0 Å². The number of carbonyl (C=O) groups is 2. The quantitative estimate of drug-likeness (QED) is 0.752. The molecule has 3 amide bonds. The van der Waals surface area contributed by atoms with E-state index >= 15 is 0 Å². The summed E-state index contributed by atoms with van der Waals surface area (Å²) in [5.41, 5.74) is 2.03. The lowest BCUT2D eigenvalue weighted by molar-refractivity contribution is -0.111. The number of nitrogens with zero attached hydrogens (tertiary/aromatic N) is 1. The van der Waals surface area contributed by atoms with Gasteiger partial charge in [-0.25, -0.2) is 4.79 Å². The SMILES string of the molecule is CC1CNC(=O)N1c1cccc(NC(=O)C=Cc2ccc(Cl)cc2Cl)c1. The smallest absolute Gasteiger partial charge is 0.322 e. The summed E-state index contributed by atoms with van der Waals surface area (Å²) in [7, 11) is 0. The molecule has 1 heterocycles. The van der Waals surface area contributed by atoms with E-state index in [1.54, 1.807) is 47.4 Å². The van der Waals surface area contributed by atoms with Crippen LogP contribution < -0.4 is 15.5 Å². The predicted molar refractivity (Wildman–Crippen MR) is 106 cm³/mol. The van der Waals surface area contributed by atoms with Crippen molar-refractivity contribution in [3.63, 3.8) is 0 Å².